The Morgan fingerprint density at radius 1 is 1.32 bits per heavy atom. The van der Waals surface area contributed by atoms with Crippen LogP contribution < -0.4 is 0 Å². The van der Waals surface area contributed by atoms with E-state index in [0.717, 1.165) is 20.6 Å². The van der Waals surface area contributed by atoms with Gasteiger partial charge in [-0.05, 0) is 40.2 Å². The number of thiophene rings is 1. The summed E-state index contributed by atoms with van der Waals surface area (Å²) in [5.41, 5.74) is 1.94. The lowest BCUT2D eigenvalue weighted by molar-refractivity contribution is -0.128. The fourth-order valence-corrected chi connectivity index (χ4v) is 5.41. The number of halogens is 1. The molecule has 1 amide bonds. The molecule has 7 heteroatoms. The number of H-pyrrole nitrogens is 1. The minimum absolute atomic E-state index is 0.0806. The van der Waals surface area contributed by atoms with Gasteiger partial charge in [0.15, 0.2) is 0 Å². The minimum atomic E-state index is 0.0806. The van der Waals surface area contributed by atoms with Crippen LogP contribution in [0.25, 0.3) is 11.0 Å². The number of hydrogen-bond donors (Lipinski definition) is 1. The van der Waals surface area contributed by atoms with Crippen LogP contribution in [-0.2, 0) is 11.3 Å². The van der Waals surface area contributed by atoms with E-state index in [1.807, 2.05) is 35.2 Å². The molecule has 3 heterocycles. The van der Waals surface area contributed by atoms with Crippen LogP contribution >= 0.6 is 39.0 Å². The van der Waals surface area contributed by atoms with Gasteiger partial charge in [0, 0.05) is 4.88 Å². The molecule has 4 nitrogen and oxygen atoms in total. The second-order valence-corrected chi connectivity index (χ2v) is 8.59. The Morgan fingerprint density at radius 2 is 2.18 bits per heavy atom. The summed E-state index contributed by atoms with van der Waals surface area (Å²) in [6.45, 7) is 0.515. The van der Waals surface area contributed by atoms with E-state index in [9.17, 15) is 4.79 Å². The number of carbonyl (C=O) groups is 1. The Morgan fingerprint density at radius 3 is 2.95 bits per heavy atom. The van der Waals surface area contributed by atoms with Gasteiger partial charge < -0.3 is 9.88 Å². The fourth-order valence-electron chi connectivity index (χ4n) is 2.56. The van der Waals surface area contributed by atoms with Crippen LogP contribution in [-0.4, -0.2) is 26.5 Å². The second kappa shape index (κ2) is 5.72. The summed E-state index contributed by atoms with van der Waals surface area (Å²) in [5, 5.41) is 0.0806. The summed E-state index contributed by atoms with van der Waals surface area (Å²) in [7, 11) is 0. The highest BCUT2D eigenvalue weighted by Gasteiger charge is 2.34. The zero-order valence-corrected chi connectivity index (χ0v) is 14.7. The number of aromatic amines is 1. The molecule has 1 fully saturated rings. The molecule has 0 saturated carbocycles. The van der Waals surface area contributed by atoms with Crippen LogP contribution in [0.15, 0.2) is 40.2 Å². The highest BCUT2D eigenvalue weighted by molar-refractivity contribution is 9.11. The van der Waals surface area contributed by atoms with Crippen molar-refractivity contribution >= 4 is 56.0 Å². The first-order valence-corrected chi connectivity index (χ1v) is 9.46. The molecule has 0 bridgehead atoms. The Balaban J connectivity index is 1.63. The van der Waals surface area contributed by atoms with Gasteiger partial charge in [-0.25, -0.2) is 4.98 Å². The third-order valence-electron chi connectivity index (χ3n) is 3.56. The van der Waals surface area contributed by atoms with Crippen molar-refractivity contribution in [3.05, 3.63) is 50.9 Å². The number of rotatable bonds is 3. The van der Waals surface area contributed by atoms with Gasteiger partial charge in [-0.15, -0.1) is 23.1 Å². The van der Waals surface area contributed by atoms with Gasteiger partial charge in [-0.1, -0.05) is 12.1 Å². The van der Waals surface area contributed by atoms with Gasteiger partial charge >= 0.3 is 0 Å². The van der Waals surface area contributed by atoms with Crippen molar-refractivity contribution in [3.8, 4) is 0 Å². The number of imidazole rings is 1. The number of aromatic nitrogens is 2. The number of fused-ring (bicyclic) bond motifs is 1. The number of amides is 1. The third-order valence-corrected chi connectivity index (χ3v) is 6.63. The van der Waals surface area contributed by atoms with Crippen LogP contribution in [0, 0.1) is 0 Å². The Labute approximate surface area is 144 Å². The number of benzene rings is 1. The number of thioether (sulfide) groups is 1. The summed E-state index contributed by atoms with van der Waals surface area (Å²) >= 11 is 6.84. The lowest BCUT2D eigenvalue weighted by atomic mass is 10.3. The predicted molar refractivity (Wildman–Crippen MR) is 93.9 cm³/mol. The Hall–Kier alpha value is -1.31. The fraction of sp³-hybridized carbons (Fsp3) is 0.200. The van der Waals surface area contributed by atoms with E-state index >= 15 is 0 Å². The highest BCUT2D eigenvalue weighted by atomic mass is 79.9. The average molecular weight is 394 g/mol. The van der Waals surface area contributed by atoms with Crippen LogP contribution in [0.4, 0.5) is 0 Å². The molecule has 1 aliphatic heterocycles. The molecule has 1 aromatic carbocycles. The Kier molecular flexibility index (Phi) is 3.71. The molecule has 0 radical (unpaired) electrons. The van der Waals surface area contributed by atoms with Crippen molar-refractivity contribution in [3.63, 3.8) is 0 Å². The molecule has 1 atom stereocenters. The highest BCUT2D eigenvalue weighted by Crippen LogP contribution is 2.43. The van der Waals surface area contributed by atoms with E-state index in [0.29, 0.717) is 12.3 Å². The first kappa shape index (κ1) is 14.3. The molecular weight excluding hydrogens is 382 g/mol. The lowest BCUT2D eigenvalue weighted by Crippen LogP contribution is -2.27. The maximum Gasteiger partial charge on any atom is 0.234 e. The summed E-state index contributed by atoms with van der Waals surface area (Å²) in [5.74, 6) is 1.53. The van der Waals surface area contributed by atoms with E-state index < -0.39 is 0 Å². The van der Waals surface area contributed by atoms with Gasteiger partial charge in [0.2, 0.25) is 5.91 Å². The molecular formula is C15H12BrN3OS2. The number of para-hydroxylation sites is 2. The van der Waals surface area contributed by atoms with Gasteiger partial charge in [0.1, 0.15) is 11.2 Å². The second-order valence-electron chi connectivity index (χ2n) is 5.03. The molecule has 0 aliphatic carbocycles. The largest absolute Gasteiger partial charge is 0.340 e. The predicted octanol–water partition coefficient (Wildman–Crippen LogP) is 4.16. The molecule has 1 saturated heterocycles. The lowest BCUT2D eigenvalue weighted by Gasteiger charge is -2.21. The van der Waals surface area contributed by atoms with E-state index in [-0.39, 0.29) is 11.3 Å². The van der Waals surface area contributed by atoms with Gasteiger partial charge in [-0.3, -0.25) is 4.79 Å². The third kappa shape index (κ3) is 2.57. The van der Waals surface area contributed by atoms with Gasteiger partial charge in [0.05, 0.1) is 27.1 Å². The maximum absolute atomic E-state index is 12.2. The van der Waals surface area contributed by atoms with Crippen molar-refractivity contribution < 1.29 is 4.79 Å². The van der Waals surface area contributed by atoms with Gasteiger partial charge in [0.25, 0.3) is 0 Å². The molecule has 1 aliphatic rings. The van der Waals surface area contributed by atoms with Crippen molar-refractivity contribution in [2.75, 3.05) is 5.75 Å². The zero-order valence-electron chi connectivity index (χ0n) is 11.5. The van der Waals surface area contributed by atoms with E-state index in [1.54, 1.807) is 23.1 Å². The van der Waals surface area contributed by atoms with Crippen LogP contribution in [0.3, 0.4) is 0 Å². The summed E-state index contributed by atoms with van der Waals surface area (Å²) in [4.78, 5) is 23.2. The van der Waals surface area contributed by atoms with Crippen LogP contribution in [0.1, 0.15) is 16.1 Å². The van der Waals surface area contributed by atoms with Crippen molar-refractivity contribution in [1.29, 1.82) is 0 Å². The van der Waals surface area contributed by atoms with Gasteiger partial charge in [-0.2, -0.15) is 0 Å². The Bertz CT molecular complexity index is 811. The summed E-state index contributed by atoms with van der Waals surface area (Å²) in [6.07, 6.45) is 0. The topological polar surface area (TPSA) is 49.0 Å². The average Bonchev–Trinajstić information content (AvgIpc) is 3.19. The number of hydrogen-bond acceptors (Lipinski definition) is 4. The molecule has 1 unspecified atom stereocenters. The molecule has 1 N–H and O–H groups in total. The molecule has 112 valence electrons. The smallest absolute Gasteiger partial charge is 0.234 e. The number of nitrogens with one attached hydrogen (secondary N) is 1. The minimum Gasteiger partial charge on any atom is -0.340 e. The monoisotopic (exact) mass is 393 g/mol. The summed E-state index contributed by atoms with van der Waals surface area (Å²) < 4.78 is 1.09. The number of nitrogens with zero attached hydrogens (tertiary/aromatic N) is 2. The van der Waals surface area contributed by atoms with E-state index in [2.05, 4.69) is 32.0 Å². The summed E-state index contributed by atoms with van der Waals surface area (Å²) in [6, 6.07) is 12.0. The van der Waals surface area contributed by atoms with E-state index in [4.69, 9.17) is 0 Å². The molecule has 4 rings (SSSR count). The van der Waals surface area contributed by atoms with Crippen LogP contribution in [0.2, 0.25) is 0 Å². The standard InChI is InChI=1S/C15H12BrN3OS2/c16-12-6-5-11(22-12)15-19(14(20)8-21-15)7-13-17-9-3-1-2-4-10(9)18-13/h1-6,15H,7-8H2,(H,17,18). The quantitative estimate of drug-likeness (QED) is 0.726. The molecule has 0 spiro atoms. The molecule has 2 aromatic heterocycles. The van der Waals surface area contributed by atoms with Crippen LogP contribution in [0.5, 0.6) is 0 Å². The normalized spacial score (nSPS) is 18.5. The van der Waals surface area contributed by atoms with Crippen molar-refractivity contribution in [2.45, 2.75) is 11.9 Å². The SMILES string of the molecule is O=C1CSC(c2ccc(Br)s2)N1Cc1nc2ccccc2[nH]1. The number of carbonyl (C=O) groups excluding carboxylic acids is 1. The van der Waals surface area contributed by atoms with E-state index in [1.165, 1.54) is 4.88 Å². The first-order valence-electron chi connectivity index (χ1n) is 6.80. The van der Waals surface area contributed by atoms with Crippen molar-refractivity contribution in [1.82, 2.24) is 14.9 Å². The first-order chi connectivity index (χ1) is 10.7. The molecule has 3 aromatic rings. The molecule has 22 heavy (non-hydrogen) atoms. The maximum atomic E-state index is 12.2. The zero-order chi connectivity index (χ0) is 15.1. The van der Waals surface area contributed by atoms with Crippen molar-refractivity contribution in [2.24, 2.45) is 0 Å².